The van der Waals surface area contributed by atoms with Crippen molar-refractivity contribution in [1.29, 1.82) is 0 Å². The van der Waals surface area contributed by atoms with Crippen LogP contribution in [0.3, 0.4) is 0 Å². The average molecular weight is 225 g/mol. The lowest BCUT2D eigenvalue weighted by molar-refractivity contribution is 0.0988. The third-order valence-electron chi connectivity index (χ3n) is 2.89. The lowest BCUT2D eigenvalue weighted by Gasteiger charge is -2.04. The third kappa shape index (κ3) is 2.78. The average Bonchev–Trinajstić information content (AvgIpc) is 2.35. The van der Waals surface area contributed by atoms with Crippen molar-refractivity contribution in [3.63, 3.8) is 0 Å². The predicted octanol–water partition coefficient (Wildman–Crippen LogP) is 3.12. The molecule has 0 N–H and O–H groups in total. The Morgan fingerprint density at radius 1 is 1.12 bits per heavy atom. The van der Waals surface area contributed by atoms with Gasteiger partial charge in [-0.2, -0.15) is 0 Å². The van der Waals surface area contributed by atoms with E-state index in [9.17, 15) is 4.79 Å². The second-order valence-electron chi connectivity index (χ2n) is 4.23. The quantitative estimate of drug-likeness (QED) is 0.751. The van der Waals surface area contributed by atoms with Gasteiger partial charge in [0.15, 0.2) is 5.78 Å². The highest BCUT2D eigenvalue weighted by molar-refractivity contribution is 5.95. The standard InChI is InChI=1S/C15H15NO/c1-11-6-7-13(9-12(11)2)10-15(17)14-5-3-4-8-16-14/h3-9H,10H2,1-2H3. The van der Waals surface area contributed by atoms with Crippen molar-refractivity contribution in [2.45, 2.75) is 20.3 Å². The summed E-state index contributed by atoms with van der Waals surface area (Å²) in [5.74, 6) is 0.0638. The van der Waals surface area contributed by atoms with Crippen molar-refractivity contribution < 1.29 is 4.79 Å². The van der Waals surface area contributed by atoms with Gasteiger partial charge in [0.25, 0.3) is 0 Å². The summed E-state index contributed by atoms with van der Waals surface area (Å²) in [6.45, 7) is 4.13. The van der Waals surface area contributed by atoms with Crippen LogP contribution in [0.1, 0.15) is 27.2 Å². The number of carbonyl (C=O) groups excluding carboxylic acids is 1. The van der Waals surface area contributed by atoms with E-state index in [1.165, 1.54) is 11.1 Å². The van der Waals surface area contributed by atoms with Gasteiger partial charge in [-0.25, -0.2) is 0 Å². The summed E-state index contributed by atoms with van der Waals surface area (Å²) in [4.78, 5) is 16.0. The summed E-state index contributed by atoms with van der Waals surface area (Å²) < 4.78 is 0. The molecular weight excluding hydrogens is 210 g/mol. The number of aryl methyl sites for hydroxylation is 2. The van der Waals surface area contributed by atoms with Crippen molar-refractivity contribution in [3.05, 3.63) is 65.0 Å². The lowest BCUT2D eigenvalue weighted by Crippen LogP contribution is -2.05. The number of pyridine rings is 1. The minimum absolute atomic E-state index is 0.0638. The van der Waals surface area contributed by atoms with Gasteiger partial charge < -0.3 is 0 Å². The number of Topliss-reactive ketones (excluding diaryl/α,β-unsaturated/α-hetero) is 1. The molecule has 2 heteroatoms. The van der Waals surface area contributed by atoms with Crippen molar-refractivity contribution in [2.24, 2.45) is 0 Å². The summed E-state index contributed by atoms with van der Waals surface area (Å²) in [7, 11) is 0. The Bertz CT molecular complexity index is 532. The molecule has 86 valence electrons. The first-order valence-electron chi connectivity index (χ1n) is 5.67. The monoisotopic (exact) mass is 225 g/mol. The summed E-state index contributed by atoms with van der Waals surface area (Å²) in [6.07, 6.45) is 2.06. The van der Waals surface area contributed by atoms with Crippen LogP contribution in [-0.4, -0.2) is 10.8 Å². The SMILES string of the molecule is Cc1ccc(CC(=O)c2ccccn2)cc1C. The number of nitrogens with zero attached hydrogens (tertiary/aromatic N) is 1. The van der Waals surface area contributed by atoms with Crippen molar-refractivity contribution in [3.8, 4) is 0 Å². The van der Waals surface area contributed by atoms with Crippen molar-refractivity contribution >= 4 is 5.78 Å². The Labute approximate surface area is 101 Å². The molecule has 1 aromatic heterocycles. The third-order valence-corrected chi connectivity index (χ3v) is 2.89. The van der Waals surface area contributed by atoms with Gasteiger partial charge in [-0.15, -0.1) is 0 Å². The number of benzene rings is 1. The fourth-order valence-corrected chi connectivity index (χ4v) is 1.72. The van der Waals surface area contributed by atoms with E-state index in [1.54, 1.807) is 12.3 Å². The maximum absolute atomic E-state index is 11.9. The van der Waals surface area contributed by atoms with Crippen molar-refractivity contribution in [2.75, 3.05) is 0 Å². The Kier molecular flexibility index (Phi) is 3.33. The van der Waals surface area contributed by atoms with E-state index in [2.05, 4.69) is 31.0 Å². The number of aromatic nitrogens is 1. The second kappa shape index (κ2) is 4.91. The molecule has 0 atom stereocenters. The highest BCUT2D eigenvalue weighted by Crippen LogP contribution is 2.12. The van der Waals surface area contributed by atoms with Crippen LogP contribution in [0.15, 0.2) is 42.6 Å². The summed E-state index contributed by atoms with van der Waals surface area (Å²) in [6, 6.07) is 11.5. The van der Waals surface area contributed by atoms with E-state index in [1.807, 2.05) is 18.2 Å². The molecule has 2 aromatic rings. The molecule has 0 bridgehead atoms. The molecule has 0 spiro atoms. The van der Waals surface area contributed by atoms with Gasteiger partial charge >= 0.3 is 0 Å². The Morgan fingerprint density at radius 2 is 1.94 bits per heavy atom. The molecular formula is C15H15NO. The first-order valence-corrected chi connectivity index (χ1v) is 5.67. The van der Waals surface area contributed by atoms with Crippen LogP contribution in [0.4, 0.5) is 0 Å². The van der Waals surface area contributed by atoms with Crippen molar-refractivity contribution in [1.82, 2.24) is 4.98 Å². The number of carbonyl (C=O) groups is 1. The van der Waals surface area contributed by atoms with Gasteiger partial charge in [0.05, 0.1) is 0 Å². The van der Waals surface area contributed by atoms with E-state index >= 15 is 0 Å². The van der Waals surface area contributed by atoms with Gasteiger partial charge in [-0.3, -0.25) is 9.78 Å². The molecule has 0 amide bonds. The fourth-order valence-electron chi connectivity index (χ4n) is 1.72. The molecule has 0 unspecified atom stereocenters. The molecule has 0 saturated carbocycles. The number of hydrogen-bond acceptors (Lipinski definition) is 2. The zero-order valence-corrected chi connectivity index (χ0v) is 10.1. The Balaban J connectivity index is 2.16. The van der Waals surface area contributed by atoms with Gasteiger partial charge in [0.2, 0.25) is 0 Å². The zero-order valence-electron chi connectivity index (χ0n) is 10.1. The maximum Gasteiger partial charge on any atom is 0.185 e. The maximum atomic E-state index is 11.9. The highest BCUT2D eigenvalue weighted by atomic mass is 16.1. The normalized spacial score (nSPS) is 10.2. The van der Waals surface area contributed by atoms with E-state index in [4.69, 9.17) is 0 Å². The Morgan fingerprint density at radius 3 is 2.59 bits per heavy atom. The molecule has 1 heterocycles. The second-order valence-corrected chi connectivity index (χ2v) is 4.23. The van der Waals surface area contributed by atoms with Gasteiger partial charge in [0, 0.05) is 12.6 Å². The minimum Gasteiger partial charge on any atom is -0.292 e. The summed E-state index contributed by atoms with van der Waals surface area (Å²) >= 11 is 0. The van der Waals surface area contributed by atoms with Crippen LogP contribution >= 0.6 is 0 Å². The smallest absolute Gasteiger partial charge is 0.185 e. The molecule has 0 aliphatic heterocycles. The van der Waals surface area contributed by atoms with E-state index in [-0.39, 0.29) is 5.78 Å². The van der Waals surface area contributed by atoms with E-state index in [0.29, 0.717) is 12.1 Å². The van der Waals surface area contributed by atoms with E-state index < -0.39 is 0 Å². The van der Waals surface area contributed by atoms with Gasteiger partial charge in [-0.05, 0) is 42.7 Å². The van der Waals surface area contributed by atoms with Crippen LogP contribution < -0.4 is 0 Å². The molecule has 17 heavy (non-hydrogen) atoms. The summed E-state index contributed by atoms with van der Waals surface area (Å²) in [5, 5.41) is 0. The minimum atomic E-state index is 0.0638. The lowest BCUT2D eigenvalue weighted by atomic mass is 10.0. The summed E-state index contributed by atoms with van der Waals surface area (Å²) in [5.41, 5.74) is 4.05. The van der Waals surface area contributed by atoms with E-state index in [0.717, 1.165) is 5.56 Å². The molecule has 2 nitrogen and oxygen atoms in total. The molecule has 0 fully saturated rings. The fraction of sp³-hybridized carbons (Fsp3) is 0.200. The topological polar surface area (TPSA) is 30.0 Å². The molecule has 2 rings (SSSR count). The first kappa shape index (κ1) is 11.5. The number of rotatable bonds is 3. The molecule has 0 saturated heterocycles. The largest absolute Gasteiger partial charge is 0.292 e. The first-order chi connectivity index (χ1) is 8.16. The zero-order chi connectivity index (χ0) is 12.3. The number of ketones is 1. The number of hydrogen-bond donors (Lipinski definition) is 0. The molecule has 0 aliphatic carbocycles. The predicted molar refractivity (Wildman–Crippen MR) is 68.2 cm³/mol. The highest BCUT2D eigenvalue weighted by Gasteiger charge is 2.08. The van der Waals surface area contributed by atoms with Gasteiger partial charge in [0.1, 0.15) is 5.69 Å². The molecule has 1 aromatic carbocycles. The van der Waals surface area contributed by atoms with Crippen LogP contribution in [0.2, 0.25) is 0 Å². The van der Waals surface area contributed by atoms with Crippen LogP contribution in [0.25, 0.3) is 0 Å². The van der Waals surface area contributed by atoms with Crippen LogP contribution in [0.5, 0.6) is 0 Å². The van der Waals surface area contributed by atoms with Crippen LogP contribution in [0, 0.1) is 13.8 Å². The van der Waals surface area contributed by atoms with Gasteiger partial charge in [-0.1, -0.05) is 24.3 Å². The van der Waals surface area contributed by atoms with Crippen LogP contribution in [-0.2, 0) is 6.42 Å². The molecule has 0 aliphatic rings. The molecule has 0 radical (unpaired) electrons. The Hall–Kier alpha value is -1.96.